The van der Waals surface area contributed by atoms with Crippen LogP contribution in [0.4, 0.5) is 0 Å². The van der Waals surface area contributed by atoms with Gasteiger partial charge in [-0.25, -0.2) is 0 Å². The van der Waals surface area contributed by atoms with Crippen LogP contribution in [0.15, 0.2) is 53.1 Å². The molecule has 0 saturated carbocycles. The normalized spacial score (nSPS) is 10.7. The first-order valence-electron chi connectivity index (χ1n) is 9.44. The molecule has 0 unspecified atom stereocenters. The summed E-state index contributed by atoms with van der Waals surface area (Å²) in [4.78, 5) is 12.2. The van der Waals surface area contributed by atoms with Crippen LogP contribution in [0.5, 0.6) is 23.0 Å². The number of ether oxygens (including phenoxy) is 4. The number of aromatic nitrogens is 1. The molecule has 8 heteroatoms. The number of nitrogens with one attached hydrogen (secondary N) is 1. The highest BCUT2D eigenvalue weighted by atomic mass is 16.5. The van der Waals surface area contributed by atoms with Crippen LogP contribution in [0, 0.1) is 0 Å². The standard InChI is InChI=1S/C23H24N2O6/c1-27-18-8-5-15(11-21(18)29-3)6-10-23(26)24-14-17-13-20(31-25-17)16-7-9-19(28-2)22(12-16)30-4/h5-13H,14H2,1-4H3,(H,24,26)/b10-6-. The molecule has 1 heterocycles. The highest BCUT2D eigenvalue weighted by Crippen LogP contribution is 2.32. The van der Waals surface area contributed by atoms with E-state index in [-0.39, 0.29) is 12.5 Å². The predicted molar refractivity (Wildman–Crippen MR) is 115 cm³/mol. The Kier molecular flexibility index (Phi) is 7.16. The molecule has 3 aromatic rings. The maximum atomic E-state index is 12.2. The molecule has 0 saturated heterocycles. The molecule has 0 spiro atoms. The topological polar surface area (TPSA) is 92.1 Å². The Balaban J connectivity index is 1.60. The number of amides is 1. The van der Waals surface area contributed by atoms with Crippen LogP contribution in [0.1, 0.15) is 11.3 Å². The molecule has 1 amide bonds. The number of methoxy groups -OCH3 is 4. The summed E-state index contributed by atoms with van der Waals surface area (Å²) in [5.74, 6) is 2.73. The largest absolute Gasteiger partial charge is 0.493 e. The Hall–Kier alpha value is -3.94. The van der Waals surface area contributed by atoms with E-state index in [1.807, 2.05) is 12.1 Å². The lowest BCUT2D eigenvalue weighted by Crippen LogP contribution is -2.20. The first kappa shape index (κ1) is 21.8. The molecule has 0 aliphatic rings. The van der Waals surface area contributed by atoms with Gasteiger partial charge in [0.2, 0.25) is 5.91 Å². The van der Waals surface area contributed by atoms with Crippen LogP contribution in [0.3, 0.4) is 0 Å². The SMILES string of the molecule is COc1ccc(/C=C\C(=O)NCc2cc(-c3ccc(OC)c(OC)c3)on2)cc1OC. The van der Waals surface area contributed by atoms with E-state index < -0.39 is 0 Å². The van der Waals surface area contributed by atoms with E-state index >= 15 is 0 Å². The average molecular weight is 424 g/mol. The van der Waals surface area contributed by atoms with Crippen molar-refractivity contribution in [1.82, 2.24) is 10.5 Å². The zero-order valence-corrected chi connectivity index (χ0v) is 17.8. The zero-order valence-electron chi connectivity index (χ0n) is 17.8. The van der Waals surface area contributed by atoms with Gasteiger partial charge in [-0.1, -0.05) is 11.2 Å². The van der Waals surface area contributed by atoms with Gasteiger partial charge < -0.3 is 28.8 Å². The molecule has 1 N–H and O–H groups in total. The lowest BCUT2D eigenvalue weighted by atomic mass is 10.1. The van der Waals surface area contributed by atoms with Gasteiger partial charge in [-0.3, -0.25) is 4.79 Å². The van der Waals surface area contributed by atoms with Crippen molar-refractivity contribution in [3.8, 4) is 34.3 Å². The summed E-state index contributed by atoms with van der Waals surface area (Å²) in [5.41, 5.74) is 2.19. The number of benzene rings is 2. The zero-order chi connectivity index (χ0) is 22.2. The third kappa shape index (κ3) is 5.36. The van der Waals surface area contributed by atoms with Gasteiger partial charge in [0.1, 0.15) is 5.69 Å². The molecule has 0 atom stereocenters. The predicted octanol–water partition coefficient (Wildman–Crippen LogP) is 3.71. The number of nitrogens with zero attached hydrogens (tertiary/aromatic N) is 1. The van der Waals surface area contributed by atoms with Gasteiger partial charge in [-0.05, 0) is 42.0 Å². The molecule has 0 fully saturated rings. The van der Waals surface area contributed by atoms with Crippen molar-refractivity contribution in [3.05, 3.63) is 59.8 Å². The monoisotopic (exact) mass is 424 g/mol. The van der Waals surface area contributed by atoms with E-state index in [0.717, 1.165) is 11.1 Å². The van der Waals surface area contributed by atoms with Crippen molar-refractivity contribution in [2.24, 2.45) is 0 Å². The number of hydrogen-bond donors (Lipinski definition) is 1. The minimum Gasteiger partial charge on any atom is -0.493 e. The third-order valence-electron chi connectivity index (χ3n) is 4.51. The lowest BCUT2D eigenvalue weighted by Gasteiger charge is -2.07. The molecule has 0 aliphatic carbocycles. The third-order valence-corrected chi connectivity index (χ3v) is 4.51. The first-order valence-corrected chi connectivity index (χ1v) is 9.44. The summed E-state index contributed by atoms with van der Waals surface area (Å²) in [6, 6.07) is 12.6. The Bertz CT molecular complexity index is 1070. The van der Waals surface area contributed by atoms with Crippen molar-refractivity contribution >= 4 is 12.0 Å². The first-order chi connectivity index (χ1) is 15.1. The van der Waals surface area contributed by atoms with E-state index in [0.29, 0.717) is 34.5 Å². The van der Waals surface area contributed by atoms with Crippen LogP contribution < -0.4 is 24.3 Å². The summed E-state index contributed by atoms with van der Waals surface area (Å²) in [6.07, 6.45) is 3.13. The second-order valence-electron chi connectivity index (χ2n) is 6.42. The summed E-state index contributed by atoms with van der Waals surface area (Å²) >= 11 is 0. The fourth-order valence-electron chi connectivity index (χ4n) is 2.89. The second-order valence-corrected chi connectivity index (χ2v) is 6.42. The fraction of sp³-hybridized carbons (Fsp3) is 0.217. The van der Waals surface area contributed by atoms with Gasteiger partial charge >= 0.3 is 0 Å². The molecular weight excluding hydrogens is 400 g/mol. The maximum absolute atomic E-state index is 12.2. The van der Waals surface area contributed by atoms with Crippen molar-refractivity contribution in [1.29, 1.82) is 0 Å². The molecule has 0 aliphatic heterocycles. The highest BCUT2D eigenvalue weighted by Gasteiger charge is 2.11. The summed E-state index contributed by atoms with van der Waals surface area (Å²) < 4.78 is 26.4. The number of rotatable bonds is 9. The fourth-order valence-corrected chi connectivity index (χ4v) is 2.89. The van der Waals surface area contributed by atoms with Crippen LogP contribution in [0.2, 0.25) is 0 Å². The molecule has 1 aromatic heterocycles. The lowest BCUT2D eigenvalue weighted by molar-refractivity contribution is -0.116. The molecular formula is C23H24N2O6. The quantitative estimate of drug-likeness (QED) is 0.524. The van der Waals surface area contributed by atoms with Crippen LogP contribution in [0.25, 0.3) is 17.4 Å². The maximum Gasteiger partial charge on any atom is 0.244 e. The molecule has 8 nitrogen and oxygen atoms in total. The van der Waals surface area contributed by atoms with E-state index in [1.165, 1.54) is 6.08 Å². The smallest absolute Gasteiger partial charge is 0.244 e. The molecule has 2 aromatic carbocycles. The van der Waals surface area contributed by atoms with Gasteiger partial charge in [0.05, 0.1) is 35.0 Å². The number of carbonyl (C=O) groups is 1. The van der Waals surface area contributed by atoms with Crippen LogP contribution >= 0.6 is 0 Å². The average Bonchev–Trinajstić information content (AvgIpc) is 3.29. The summed E-state index contributed by atoms with van der Waals surface area (Å²) in [7, 11) is 6.28. The van der Waals surface area contributed by atoms with E-state index in [9.17, 15) is 4.79 Å². The Morgan fingerprint density at radius 1 is 0.903 bits per heavy atom. The number of carbonyl (C=O) groups excluding carboxylic acids is 1. The minimum absolute atomic E-state index is 0.228. The van der Waals surface area contributed by atoms with E-state index in [2.05, 4.69) is 10.5 Å². The molecule has 162 valence electrons. The molecule has 3 rings (SSSR count). The van der Waals surface area contributed by atoms with Gasteiger partial charge in [-0.2, -0.15) is 0 Å². The van der Waals surface area contributed by atoms with Crippen molar-refractivity contribution in [2.45, 2.75) is 6.54 Å². The number of hydrogen-bond acceptors (Lipinski definition) is 7. The van der Waals surface area contributed by atoms with Crippen molar-refractivity contribution < 1.29 is 28.3 Å². The van der Waals surface area contributed by atoms with Gasteiger partial charge in [-0.15, -0.1) is 0 Å². The second kappa shape index (κ2) is 10.2. The van der Waals surface area contributed by atoms with Crippen molar-refractivity contribution in [3.63, 3.8) is 0 Å². The van der Waals surface area contributed by atoms with E-state index in [4.69, 9.17) is 23.5 Å². The highest BCUT2D eigenvalue weighted by molar-refractivity contribution is 5.91. The summed E-state index contributed by atoms with van der Waals surface area (Å²) in [5, 5.41) is 6.78. The Labute approximate surface area is 180 Å². The van der Waals surface area contributed by atoms with Gasteiger partial charge in [0, 0.05) is 17.7 Å². The Morgan fingerprint density at radius 3 is 2.23 bits per heavy atom. The van der Waals surface area contributed by atoms with Crippen LogP contribution in [-0.2, 0) is 11.3 Å². The Morgan fingerprint density at radius 2 is 1.55 bits per heavy atom. The molecule has 31 heavy (non-hydrogen) atoms. The van der Waals surface area contributed by atoms with Crippen LogP contribution in [-0.4, -0.2) is 39.5 Å². The molecule has 0 bridgehead atoms. The van der Waals surface area contributed by atoms with Gasteiger partial charge in [0.15, 0.2) is 28.8 Å². The van der Waals surface area contributed by atoms with E-state index in [1.54, 1.807) is 64.8 Å². The summed E-state index contributed by atoms with van der Waals surface area (Å²) in [6.45, 7) is 0.228. The van der Waals surface area contributed by atoms with Gasteiger partial charge in [0.25, 0.3) is 0 Å². The van der Waals surface area contributed by atoms with Crippen molar-refractivity contribution in [2.75, 3.05) is 28.4 Å². The minimum atomic E-state index is -0.259. The molecule has 0 radical (unpaired) electrons.